The normalized spacial score (nSPS) is 25.8. The quantitative estimate of drug-likeness (QED) is 0.605. The van der Waals surface area contributed by atoms with Crippen molar-refractivity contribution in [2.75, 3.05) is 0 Å². The van der Waals surface area contributed by atoms with Gasteiger partial charge in [-0.3, -0.25) is 15.2 Å². The Bertz CT molecular complexity index is 380. The van der Waals surface area contributed by atoms with Crippen LogP contribution in [0.15, 0.2) is 12.4 Å². The van der Waals surface area contributed by atoms with Crippen molar-refractivity contribution in [3.8, 4) is 0 Å². The molecule has 0 amide bonds. The topological polar surface area (TPSA) is 98.2 Å². The van der Waals surface area contributed by atoms with Gasteiger partial charge in [0.25, 0.3) is 0 Å². The largest absolute Gasteiger partial charge is 0.480 e. The van der Waals surface area contributed by atoms with E-state index >= 15 is 0 Å². The standard InChI is InChI=1S/C12H19N3O3/c16-11-4-2-1-3-9(11)15-10(12(17)18)5-8-6-13-14-7-8/h6-7,9-11,15-16H,1-5H2,(H,13,14)(H,17,18)/t9-,10+,11-/m1/s1. The van der Waals surface area contributed by atoms with Crippen LogP contribution in [0.4, 0.5) is 0 Å². The Hall–Kier alpha value is -1.40. The number of aromatic amines is 1. The van der Waals surface area contributed by atoms with E-state index in [1.165, 1.54) is 0 Å². The SMILES string of the molecule is O=C(O)[C@H](Cc1cn[nH]c1)N[C@@H]1CCCC[C@H]1O. The Morgan fingerprint density at radius 2 is 2.33 bits per heavy atom. The van der Waals surface area contributed by atoms with Crippen LogP contribution in [0.25, 0.3) is 0 Å². The van der Waals surface area contributed by atoms with Gasteiger partial charge in [-0.15, -0.1) is 0 Å². The van der Waals surface area contributed by atoms with Crippen molar-refractivity contribution in [3.63, 3.8) is 0 Å². The lowest BCUT2D eigenvalue weighted by Gasteiger charge is -2.30. The van der Waals surface area contributed by atoms with E-state index < -0.39 is 18.1 Å². The van der Waals surface area contributed by atoms with Gasteiger partial charge < -0.3 is 10.2 Å². The van der Waals surface area contributed by atoms with Crippen molar-refractivity contribution in [3.05, 3.63) is 18.0 Å². The molecule has 0 aromatic carbocycles. The molecule has 18 heavy (non-hydrogen) atoms. The maximum Gasteiger partial charge on any atom is 0.321 e. The molecule has 1 fully saturated rings. The number of aliphatic carboxylic acids is 1. The molecule has 1 aliphatic carbocycles. The Morgan fingerprint density at radius 1 is 1.56 bits per heavy atom. The summed E-state index contributed by atoms with van der Waals surface area (Å²) >= 11 is 0. The molecule has 0 spiro atoms. The number of aliphatic hydroxyl groups is 1. The summed E-state index contributed by atoms with van der Waals surface area (Å²) in [7, 11) is 0. The summed E-state index contributed by atoms with van der Waals surface area (Å²) in [5.41, 5.74) is 0.847. The zero-order chi connectivity index (χ0) is 13.0. The van der Waals surface area contributed by atoms with Crippen molar-refractivity contribution in [1.82, 2.24) is 15.5 Å². The lowest BCUT2D eigenvalue weighted by Crippen LogP contribution is -2.50. The van der Waals surface area contributed by atoms with Gasteiger partial charge in [-0.25, -0.2) is 0 Å². The van der Waals surface area contributed by atoms with Gasteiger partial charge in [0.15, 0.2) is 0 Å². The monoisotopic (exact) mass is 253 g/mol. The van der Waals surface area contributed by atoms with Crippen LogP contribution in [0.2, 0.25) is 0 Å². The van der Waals surface area contributed by atoms with Crippen molar-refractivity contribution >= 4 is 5.97 Å². The molecule has 100 valence electrons. The summed E-state index contributed by atoms with van der Waals surface area (Å²) in [6.45, 7) is 0. The fourth-order valence-electron chi connectivity index (χ4n) is 2.41. The van der Waals surface area contributed by atoms with Gasteiger partial charge in [0.1, 0.15) is 6.04 Å². The van der Waals surface area contributed by atoms with E-state index in [4.69, 9.17) is 0 Å². The highest BCUT2D eigenvalue weighted by atomic mass is 16.4. The third-order valence-electron chi connectivity index (χ3n) is 3.44. The molecule has 6 nitrogen and oxygen atoms in total. The van der Waals surface area contributed by atoms with Crippen molar-refractivity contribution < 1.29 is 15.0 Å². The first kappa shape index (κ1) is 13.0. The number of aromatic nitrogens is 2. The summed E-state index contributed by atoms with van der Waals surface area (Å²) in [5, 5.41) is 28.6. The number of nitrogens with one attached hydrogen (secondary N) is 2. The number of carboxylic acids is 1. The highest BCUT2D eigenvalue weighted by molar-refractivity contribution is 5.73. The molecular formula is C12H19N3O3. The van der Waals surface area contributed by atoms with Crippen LogP contribution in [0.3, 0.4) is 0 Å². The van der Waals surface area contributed by atoms with Crippen LogP contribution in [-0.4, -0.2) is 44.6 Å². The zero-order valence-corrected chi connectivity index (χ0v) is 10.2. The molecule has 1 aliphatic rings. The number of hydrogen-bond donors (Lipinski definition) is 4. The summed E-state index contributed by atoms with van der Waals surface area (Å²) < 4.78 is 0. The molecule has 6 heteroatoms. The lowest BCUT2D eigenvalue weighted by molar-refractivity contribution is -0.140. The Morgan fingerprint density at radius 3 is 2.94 bits per heavy atom. The van der Waals surface area contributed by atoms with Crippen molar-refractivity contribution in [2.45, 2.75) is 50.3 Å². The van der Waals surface area contributed by atoms with Crippen LogP contribution in [0.5, 0.6) is 0 Å². The van der Waals surface area contributed by atoms with Gasteiger partial charge in [0, 0.05) is 18.7 Å². The van der Waals surface area contributed by atoms with Crippen LogP contribution in [-0.2, 0) is 11.2 Å². The minimum absolute atomic E-state index is 0.119. The lowest BCUT2D eigenvalue weighted by atomic mass is 9.91. The van der Waals surface area contributed by atoms with Gasteiger partial charge in [-0.2, -0.15) is 5.10 Å². The molecule has 1 heterocycles. The van der Waals surface area contributed by atoms with E-state index in [1.54, 1.807) is 12.4 Å². The first-order valence-electron chi connectivity index (χ1n) is 6.31. The maximum absolute atomic E-state index is 11.2. The van der Waals surface area contributed by atoms with Gasteiger partial charge in [-0.05, 0) is 18.4 Å². The fraction of sp³-hybridized carbons (Fsp3) is 0.667. The molecule has 3 atom stereocenters. The Labute approximate surface area is 105 Å². The minimum atomic E-state index is -0.894. The molecule has 0 aliphatic heterocycles. The second-order valence-corrected chi connectivity index (χ2v) is 4.83. The predicted octanol–water partition coefficient (Wildman–Crippen LogP) is 0.298. The van der Waals surface area contributed by atoms with E-state index in [2.05, 4.69) is 15.5 Å². The fourth-order valence-corrected chi connectivity index (χ4v) is 2.41. The second kappa shape index (κ2) is 5.97. The van der Waals surface area contributed by atoms with E-state index in [9.17, 15) is 15.0 Å². The molecule has 0 unspecified atom stereocenters. The number of H-pyrrole nitrogens is 1. The highest BCUT2D eigenvalue weighted by Crippen LogP contribution is 2.19. The predicted molar refractivity (Wildman–Crippen MR) is 65.1 cm³/mol. The number of carboxylic acid groups (broad SMARTS) is 1. The van der Waals surface area contributed by atoms with E-state index in [-0.39, 0.29) is 6.04 Å². The second-order valence-electron chi connectivity index (χ2n) is 4.83. The average Bonchev–Trinajstić information content (AvgIpc) is 2.83. The van der Waals surface area contributed by atoms with Crippen LogP contribution in [0, 0.1) is 0 Å². The molecule has 1 aromatic heterocycles. The van der Waals surface area contributed by atoms with Crippen LogP contribution in [0.1, 0.15) is 31.2 Å². The minimum Gasteiger partial charge on any atom is -0.480 e. The smallest absolute Gasteiger partial charge is 0.321 e. The first-order chi connectivity index (χ1) is 8.66. The van der Waals surface area contributed by atoms with E-state index in [0.717, 1.165) is 31.2 Å². The Balaban J connectivity index is 1.95. The van der Waals surface area contributed by atoms with E-state index in [1.807, 2.05) is 0 Å². The molecule has 2 rings (SSSR count). The highest BCUT2D eigenvalue weighted by Gasteiger charge is 2.28. The molecule has 0 saturated heterocycles. The average molecular weight is 253 g/mol. The zero-order valence-electron chi connectivity index (χ0n) is 10.2. The van der Waals surface area contributed by atoms with Crippen molar-refractivity contribution in [2.24, 2.45) is 0 Å². The van der Waals surface area contributed by atoms with E-state index in [0.29, 0.717) is 6.42 Å². The summed E-state index contributed by atoms with van der Waals surface area (Å²) in [6, 6.07) is -0.799. The molecule has 1 saturated carbocycles. The number of rotatable bonds is 5. The molecular weight excluding hydrogens is 234 g/mol. The Kier molecular flexibility index (Phi) is 4.33. The molecule has 0 radical (unpaired) electrons. The van der Waals surface area contributed by atoms with Crippen LogP contribution < -0.4 is 5.32 Å². The molecule has 4 N–H and O–H groups in total. The molecule has 1 aromatic rings. The first-order valence-corrected chi connectivity index (χ1v) is 6.31. The summed E-state index contributed by atoms with van der Waals surface area (Å²) in [4.78, 5) is 11.2. The number of aliphatic hydroxyl groups excluding tert-OH is 1. The summed E-state index contributed by atoms with van der Waals surface area (Å²) in [5.74, 6) is -0.894. The number of nitrogens with zero attached hydrogens (tertiary/aromatic N) is 1. The number of hydrogen-bond acceptors (Lipinski definition) is 4. The van der Waals surface area contributed by atoms with Gasteiger partial charge in [0.2, 0.25) is 0 Å². The molecule has 0 bridgehead atoms. The van der Waals surface area contributed by atoms with Crippen LogP contribution >= 0.6 is 0 Å². The third-order valence-corrected chi connectivity index (χ3v) is 3.44. The maximum atomic E-state index is 11.2. The number of carbonyl (C=O) groups is 1. The van der Waals surface area contributed by atoms with Gasteiger partial charge in [-0.1, -0.05) is 12.8 Å². The van der Waals surface area contributed by atoms with Gasteiger partial charge in [0.05, 0.1) is 12.3 Å². The summed E-state index contributed by atoms with van der Waals surface area (Å²) in [6.07, 6.45) is 6.86. The van der Waals surface area contributed by atoms with Gasteiger partial charge >= 0.3 is 5.97 Å². The van der Waals surface area contributed by atoms with Crippen molar-refractivity contribution in [1.29, 1.82) is 0 Å². The third kappa shape index (κ3) is 3.30.